The van der Waals surface area contributed by atoms with Gasteiger partial charge in [-0.3, -0.25) is 10.2 Å². The van der Waals surface area contributed by atoms with Crippen LogP contribution in [0.1, 0.15) is 18.6 Å². The number of thiazole rings is 1. The van der Waals surface area contributed by atoms with E-state index in [-0.39, 0.29) is 21.6 Å². The van der Waals surface area contributed by atoms with E-state index in [0.717, 1.165) is 43.1 Å². The summed E-state index contributed by atoms with van der Waals surface area (Å²) in [6.45, 7) is 6.21. The van der Waals surface area contributed by atoms with Crippen molar-refractivity contribution in [2.75, 3.05) is 44.7 Å². The van der Waals surface area contributed by atoms with E-state index in [1.54, 1.807) is 25.1 Å². The molecular weight excluding hydrogens is 490 g/mol. The average Bonchev–Trinajstić information content (AvgIpc) is 3.18. The predicted molar refractivity (Wildman–Crippen MR) is 129 cm³/mol. The second-order valence-electron chi connectivity index (χ2n) is 7.50. The Hall–Kier alpha value is -2.17. The molecule has 0 saturated carbocycles. The second kappa shape index (κ2) is 10.8. The Morgan fingerprint density at radius 1 is 1.30 bits per heavy atom. The third-order valence-corrected chi connectivity index (χ3v) is 6.95. The van der Waals surface area contributed by atoms with E-state index in [1.807, 2.05) is 0 Å². The van der Waals surface area contributed by atoms with Gasteiger partial charge in [0.2, 0.25) is 0 Å². The van der Waals surface area contributed by atoms with Gasteiger partial charge in [0.05, 0.1) is 33.5 Å². The van der Waals surface area contributed by atoms with Crippen molar-refractivity contribution in [2.45, 2.75) is 13.0 Å². The molecule has 1 unspecified atom stereocenters. The van der Waals surface area contributed by atoms with E-state index in [4.69, 9.17) is 32.7 Å². The normalized spacial score (nSPS) is 15.4. The minimum Gasteiger partial charge on any atom is -0.486 e. The fourth-order valence-corrected chi connectivity index (χ4v) is 4.86. The summed E-state index contributed by atoms with van der Waals surface area (Å²) in [7, 11) is 0. The van der Waals surface area contributed by atoms with Gasteiger partial charge >= 0.3 is 6.03 Å². The molecule has 176 valence electrons. The van der Waals surface area contributed by atoms with Crippen molar-refractivity contribution in [3.05, 3.63) is 51.8 Å². The van der Waals surface area contributed by atoms with Crippen LogP contribution in [0, 0.1) is 5.82 Å². The molecule has 1 aromatic heterocycles. The number of fused-ring (bicyclic) bond motifs is 1. The van der Waals surface area contributed by atoms with Crippen LogP contribution >= 0.6 is 34.5 Å². The van der Waals surface area contributed by atoms with Gasteiger partial charge in [-0.25, -0.2) is 14.2 Å². The van der Waals surface area contributed by atoms with E-state index >= 15 is 0 Å². The number of rotatable bonds is 7. The lowest BCUT2D eigenvalue weighted by Crippen LogP contribution is -2.42. The van der Waals surface area contributed by atoms with Crippen molar-refractivity contribution in [1.82, 2.24) is 15.2 Å². The van der Waals surface area contributed by atoms with E-state index in [0.29, 0.717) is 17.4 Å². The minimum absolute atomic E-state index is 0.133. The number of ether oxygens (including phenoxy) is 2. The first-order chi connectivity index (χ1) is 15.9. The largest absolute Gasteiger partial charge is 0.486 e. The Labute approximate surface area is 204 Å². The number of aromatic nitrogens is 1. The maximum atomic E-state index is 14.3. The maximum absolute atomic E-state index is 14.3. The number of benzene rings is 2. The Kier molecular flexibility index (Phi) is 7.87. The van der Waals surface area contributed by atoms with Crippen LogP contribution in [-0.4, -0.2) is 55.3 Å². The number of amides is 2. The van der Waals surface area contributed by atoms with E-state index < -0.39 is 11.9 Å². The van der Waals surface area contributed by atoms with Crippen LogP contribution in [0.25, 0.3) is 10.2 Å². The van der Waals surface area contributed by atoms with Crippen molar-refractivity contribution < 1.29 is 18.7 Å². The van der Waals surface area contributed by atoms with Gasteiger partial charge < -0.3 is 14.8 Å². The molecule has 2 N–H and O–H groups in total. The fourth-order valence-electron chi connectivity index (χ4n) is 3.50. The number of halogens is 3. The second-order valence-corrected chi connectivity index (χ2v) is 9.32. The Morgan fingerprint density at radius 2 is 2.09 bits per heavy atom. The highest BCUT2D eigenvalue weighted by Crippen LogP contribution is 2.36. The molecule has 7 nitrogen and oxygen atoms in total. The number of hydrogen-bond acceptors (Lipinski definition) is 6. The molecular formula is C22H23Cl2FN4O3S. The highest BCUT2D eigenvalue weighted by molar-refractivity contribution is 7.22. The minimum atomic E-state index is -0.656. The Morgan fingerprint density at radius 3 is 2.88 bits per heavy atom. The van der Waals surface area contributed by atoms with Gasteiger partial charge in [0.1, 0.15) is 17.7 Å². The molecule has 3 aromatic rings. The molecule has 1 aliphatic rings. The maximum Gasteiger partial charge on any atom is 0.321 e. The van der Waals surface area contributed by atoms with Gasteiger partial charge in [-0.15, -0.1) is 0 Å². The topological polar surface area (TPSA) is 75.7 Å². The lowest BCUT2D eigenvalue weighted by atomic mass is 10.1. The molecule has 2 aromatic carbocycles. The van der Waals surface area contributed by atoms with Crippen molar-refractivity contribution in [2.24, 2.45) is 0 Å². The number of hydrogen-bond donors (Lipinski definition) is 2. The number of carbonyl (C=O) groups is 1. The smallest absolute Gasteiger partial charge is 0.321 e. The van der Waals surface area contributed by atoms with Gasteiger partial charge in [0.15, 0.2) is 5.13 Å². The summed E-state index contributed by atoms with van der Waals surface area (Å²) in [6.07, 6.45) is -0.656. The predicted octanol–water partition coefficient (Wildman–Crippen LogP) is 5.34. The summed E-state index contributed by atoms with van der Waals surface area (Å²) in [6, 6.07) is 7.68. The molecule has 0 spiro atoms. The number of anilines is 1. The summed E-state index contributed by atoms with van der Waals surface area (Å²) in [4.78, 5) is 18.9. The lowest BCUT2D eigenvalue weighted by molar-refractivity contribution is 0.0388. The first-order valence-electron chi connectivity index (χ1n) is 10.5. The molecule has 11 heteroatoms. The summed E-state index contributed by atoms with van der Waals surface area (Å²) in [5.41, 5.74) is 0.917. The SMILES string of the molecule is CC(Oc1ccc2nc(NC(=O)NCCN3CCOCC3)sc2c1)c1c(F)ccc(Cl)c1Cl. The van der Waals surface area contributed by atoms with Crippen molar-refractivity contribution in [3.8, 4) is 5.75 Å². The molecule has 1 atom stereocenters. The Balaban J connectivity index is 1.36. The zero-order valence-electron chi connectivity index (χ0n) is 17.9. The Bertz CT molecular complexity index is 1140. The first-order valence-corrected chi connectivity index (χ1v) is 12.0. The van der Waals surface area contributed by atoms with Crippen LogP contribution in [0.2, 0.25) is 10.0 Å². The zero-order chi connectivity index (χ0) is 23.4. The standard InChI is InChI=1S/C22H23Cl2FN4O3S/c1-13(19-16(25)4-3-15(23)20(19)24)32-14-2-5-17-18(12-14)33-22(27-17)28-21(30)26-6-7-29-8-10-31-11-9-29/h2-5,12-13H,6-11H2,1H3,(H2,26,27,28,30). The summed E-state index contributed by atoms with van der Waals surface area (Å²) in [5, 5.41) is 6.48. The van der Waals surface area contributed by atoms with Gasteiger partial charge in [-0.1, -0.05) is 34.5 Å². The molecule has 1 saturated heterocycles. The molecule has 4 rings (SSSR count). The van der Waals surface area contributed by atoms with Gasteiger partial charge in [-0.05, 0) is 37.3 Å². The highest BCUT2D eigenvalue weighted by atomic mass is 35.5. The monoisotopic (exact) mass is 512 g/mol. The van der Waals surface area contributed by atoms with Crippen molar-refractivity contribution in [3.63, 3.8) is 0 Å². The molecule has 0 radical (unpaired) electrons. The third kappa shape index (κ3) is 6.04. The van der Waals surface area contributed by atoms with E-state index in [2.05, 4.69) is 20.5 Å². The van der Waals surface area contributed by atoms with Crippen LogP contribution in [0.3, 0.4) is 0 Å². The molecule has 0 aliphatic carbocycles. The summed E-state index contributed by atoms with van der Waals surface area (Å²) >= 11 is 13.5. The number of nitrogens with one attached hydrogen (secondary N) is 2. The zero-order valence-corrected chi connectivity index (χ0v) is 20.2. The molecule has 0 bridgehead atoms. The lowest BCUT2D eigenvalue weighted by Gasteiger charge is -2.26. The highest BCUT2D eigenvalue weighted by Gasteiger charge is 2.19. The van der Waals surface area contributed by atoms with Crippen molar-refractivity contribution in [1.29, 1.82) is 0 Å². The molecule has 33 heavy (non-hydrogen) atoms. The fraction of sp³-hybridized carbons (Fsp3) is 0.364. The number of nitrogens with zero attached hydrogens (tertiary/aromatic N) is 2. The third-order valence-electron chi connectivity index (χ3n) is 5.20. The number of morpholine rings is 1. The number of urea groups is 1. The van der Waals surface area contributed by atoms with Gasteiger partial charge in [0, 0.05) is 31.7 Å². The van der Waals surface area contributed by atoms with Gasteiger partial charge in [0.25, 0.3) is 0 Å². The quantitative estimate of drug-likeness (QED) is 0.418. The van der Waals surface area contributed by atoms with E-state index in [9.17, 15) is 9.18 Å². The van der Waals surface area contributed by atoms with Crippen LogP contribution in [0.15, 0.2) is 30.3 Å². The first kappa shape index (κ1) is 24.0. The summed E-state index contributed by atoms with van der Waals surface area (Å²) < 4.78 is 26.3. The van der Waals surface area contributed by atoms with Crippen LogP contribution in [0.5, 0.6) is 5.75 Å². The average molecular weight is 513 g/mol. The number of carbonyl (C=O) groups excluding carboxylic acids is 1. The van der Waals surface area contributed by atoms with E-state index in [1.165, 1.54) is 23.5 Å². The van der Waals surface area contributed by atoms with Crippen LogP contribution < -0.4 is 15.4 Å². The van der Waals surface area contributed by atoms with Gasteiger partial charge in [-0.2, -0.15) is 0 Å². The molecule has 1 fully saturated rings. The van der Waals surface area contributed by atoms with Crippen LogP contribution in [0.4, 0.5) is 14.3 Å². The van der Waals surface area contributed by atoms with Crippen LogP contribution in [-0.2, 0) is 4.74 Å². The molecule has 2 heterocycles. The summed E-state index contributed by atoms with van der Waals surface area (Å²) in [5.74, 6) is 0.0393. The van der Waals surface area contributed by atoms with Crippen molar-refractivity contribution >= 4 is 55.9 Å². The molecule has 2 amide bonds. The molecule has 1 aliphatic heterocycles.